The van der Waals surface area contributed by atoms with Gasteiger partial charge in [0.1, 0.15) is 10.0 Å². The smallest absolute Gasteiger partial charge is 0.341 e. The Morgan fingerprint density at radius 2 is 1.04 bits per heavy atom. The number of esters is 2. The first-order valence-electron chi connectivity index (χ1n) is 16.9. The number of hydrogen-bond donors (Lipinski definition) is 2. The molecule has 0 saturated carbocycles. The Morgan fingerprint density at radius 3 is 1.35 bits per heavy atom. The van der Waals surface area contributed by atoms with Gasteiger partial charge in [0, 0.05) is 20.9 Å². The summed E-state index contributed by atoms with van der Waals surface area (Å²) in [4.78, 5) is 54.8. The van der Waals surface area contributed by atoms with Crippen LogP contribution in [0.5, 0.6) is 0 Å². The third kappa shape index (κ3) is 6.97. The van der Waals surface area contributed by atoms with Gasteiger partial charge in [0.05, 0.1) is 25.3 Å². The topological polar surface area (TPSA) is 111 Å². The van der Waals surface area contributed by atoms with E-state index >= 15 is 0 Å². The van der Waals surface area contributed by atoms with Gasteiger partial charge in [-0.2, -0.15) is 0 Å². The normalized spacial score (nSPS) is 17.6. The number of fused-ring (bicyclic) bond motifs is 2. The SMILES string of the molecule is CCC(C)(C)[C@@H]1CCc2c(sc(NC(=O)c3ccc(C(=O)Nc4sc5c(c4C(=O)OC)CC[C@@H](C(C)(C)CC)C5)cc3)c2C(=O)OC)C1. The fourth-order valence-electron chi connectivity index (χ4n) is 7.02. The van der Waals surface area contributed by atoms with Gasteiger partial charge in [0.15, 0.2) is 0 Å². The number of amides is 2. The molecule has 0 aliphatic heterocycles. The molecule has 2 heterocycles. The molecule has 2 aliphatic rings. The second-order valence-electron chi connectivity index (χ2n) is 14.4. The molecule has 258 valence electrons. The zero-order chi connectivity index (χ0) is 35.0. The van der Waals surface area contributed by atoms with Crippen LogP contribution in [0.1, 0.15) is 130 Å². The van der Waals surface area contributed by atoms with Gasteiger partial charge in [-0.25, -0.2) is 9.59 Å². The number of benzene rings is 1. The maximum Gasteiger partial charge on any atom is 0.341 e. The Bertz CT molecular complexity index is 1590. The number of carbonyl (C=O) groups is 4. The highest BCUT2D eigenvalue weighted by atomic mass is 32.1. The van der Waals surface area contributed by atoms with Crippen LogP contribution in [0.2, 0.25) is 0 Å². The molecule has 0 spiro atoms. The largest absolute Gasteiger partial charge is 0.465 e. The zero-order valence-electron chi connectivity index (χ0n) is 29.4. The quantitative estimate of drug-likeness (QED) is 0.205. The number of hydrogen-bond acceptors (Lipinski definition) is 8. The van der Waals surface area contributed by atoms with Gasteiger partial charge in [0.25, 0.3) is 11.8 Å². The second kappa shape index (κ2) is 14.2. The lowest BCUT2D eigenvalue weighted by atomic mass is 9.69. The molecule has 2 aliphatic carbocycles. The van der Waals surface area contributed by atoms with Gasteiger partial charge in [0.2, 0.25) is 0 Å². The Balaban J connectivity index is 1.33. The average molecular weight is 693 g/mol. The minimum atomic E-state index is -0.450. The number of methoxy groups -OCH3 is 2. The molecule has 2 N–H and O–H groups in total. The van der Waals surface area contributed by atoms with E-state index in [1.165, 1.54) is 36.9 Å². The monoisotopic (exact) mass is 692 g/mol. The van der Waals surface area contributed by atoms with Gasteiger partial charge >= 0.3 is 11.9 Å². The van der Waals surface area contributed by atoms with E-state index in [1.54, 1.807) is 24.3 Å². The first-order valence-corrected chi connectivity index (χ1v) is 18.6. The summed E-state index contributed by atoms with van der Waals surface area (Å²) >= 11 is 2.91. The highest BCUT2D eigenvalue weighted by molar-refractivity contribution is 7.17. The van der Waals surface area contributed by atoms with Crippen molar-refractivity contribution in [3.63, 3.8) is 0 Å². The highest BCUT2D eigenvalue weighted by Crippen LogP contribution is 2.47. The van der Waals surface area contributed by atoms with Gasteiger partial charge in [-0.1, -0.05) is 54.4 Å². The maximum atomic E-state index is 13.4. The maximum absolute atomic E-state index is 13.4. The van der Waals surface area contributed by atoms with Crippen molar-refractivity contribution < 1.29 is 28.7 Å². The van der Waals surface area contributed by atoms with Crippen LogP contribution in [0, 0.1) is 22.7 Å². The predicted molar refractivity (Wildman–Crippen MR) is 193 cm³/mol. The van der Waals surface area contributed by atoms with Gasteiger partial charge in [-0.15, -0.1) is 22.7 Å². The van der Waals surface area contributed by atoms with E-state index < -0.39 is 11.9 Å². The molecule has 2 aromatic heterocycles. The molecule has 0 fully saturated rings. The van der Waals surface area contributed by atoms with E-state index in [9.17, 15) is 19.2 Å². The standard InChI is InChI=1S/C38H48N2O6S2/c1-9-37(3,4)23-15-17-25-27(19-23)47-33(29(25)35(43)45-7)39-31(41)21-11-13-22(14-12-21)32(42)40-34-30(36(44)46-8)26-18-16-24(20-28(26)48-34)38(5,6)10-2/h11-14,23-24H,9-10,15-20H2,1-8H3,(H,39,41)(H,40,42)/t23-,24-/m1/s1. The van der Waals surface area contributed by atoms with Crippen molar-refractivity contribution >= 4 is 56.4 Å². The fourth-order valence-corrected chi connectivity index (χ4v) is 9.64. The number of rotatable bonds is 10. The van der Waals surface area contributed by atoms with Crippen LogP contribution < -0.4 is 10.6 Å². The van der Waals surface area contributed by atoms with Crippen LogP contribution in [0.25, 0.3) is 0 Å². The summed E-state index contributed by atoms with van der Waals surface area (Å²) in [6, 6.07) is 6.36. The molecule has 2 amide bonds. The van der Waals surface area contributed by atoms with E-state index in [1.807, 2.05) is 0 Å². The highest BCUT2D eigenvalue weighted by Gasteiger charge is 2.37. The third-order valence-electron chi connectivity index (χ3n) is 11.2. The summed E-state index contributed by atoms with van der Waals surface area (Å²) < 4.78 is 10.2. The molecule has 48 heavy (non-hydrogen) atoms. The summed E-state index contributed by atoms with van der Waals surface area (Å²) in [5.74, 6) is -0.660. The van der Waals surface area contributed by atoms with Gasteiger partial charge < -0.3 is 20.1 Å². The van der Waals surface area contributed by atoms with Crippen molar-refractivity contribution in [2.75, 3.05) is 24.9 Å². The van der Waals surface area contributed by atoms with Crippen molar-refractivity contribution in [1.82, 2.24) is 0 Å². The molecule has 8 nitrogen and oxygen atoms in total. The lowest BCUT2D eigenvalue weighted by molar-refractivity contribution is 0.0591. The third-order valence-corrected chi connectivity index (χ3v) is 13.5. The van der Waals surface area contributed by atoms with E-state index in [2.05, 4.69) is 52.2 Å². The lowest BCUT2D eigenvalue weighted by Crippen LogP contribution is -2.28. The van der Waals surface area contributed by atoms with E-state index in [4.69, 9.17) is 9.47 Å². The summed E-state index contributed by atoms with van der Waals surface area (Å²) in [5.41, 5.74) is 3.91. The number of nitrogens with one attached hydrogen (secondary N) is 2. The number of thiophene rings is 2. The first kappa shape index (κ1) is 35.8. The summed E-state index contributed by atoms with van der Waals surface area (Å²) in [6.07, 6.45) is 7.38. The summed E-state index contributed by atoms with van der Waals surface area (Å²) in [7, 11) is 2.72. The first-order chi connectivity index (χ1) is 22.7. The molecule has 10 heteroatoms. The molecule has 5 rings (SSSR count). The molecule has 1 aromatic carbocycles. The molecule has 0 bridgehead atoms. The lowest BCUT2D eigenvalue weighted by Gasteiger charge is -2.36. The summed E-state index contributed by atoms with van der Waals surface area (Å²) in [5, 5.41) is 6.90. The van der Waals surface area contributed by atoms with Crippen molar-refractivity contribution in [2.45, 2.75) is 92.9 Å². The van der Waals surface area contributed by atoms with Crippen LogP contribution in [-0.4, -0.2) is 38.0 Å². The van der Waals surface area contributed by atoms with Crippen LogP contribution in [0.4, 0.5) is 10.0 Å². The zero-order valence-corrected chi connectivity index (χ0v) is 31.0. The van der Waals surface area contributed by atoms with Crippen LogP contribution >= 0.6 is 22.7 Å². The van der Waals surface area contributed by atoms with Crippen LogP contribution in [0.15, 0.2) is 24.3 Å². The van der Waals surface area contributed by atoms with Gasteiger partial charge in [-0.3, -0.25) is 9.59 Å². The minimum Gasteiger partial charge on any atom is -0.465 e. The van der Waals surface area contributed by atoms with Crippen LogP contribution in [-0.2, 0) is 35.2 Å². The predicted octanol–water partition coefficient (Wildman–Crippen LogP) is 8.97. The Kier molecular flexibility index (Phi) is 10.6. The molecule has 0 saturated heterocycles. The fraction of sp³-hybridized carbons (Fsp3) is 0.526. The van der Waals surface area contributed by atoms with Crippen molar-refractivity contribution in [3.8, 4) is 0 Å². The Morgan fingerprint density at radius 1 is 0.688 bits per heavy atom. The Labute approximate surface area is 292 Å². The molecule has 0 radical (unpaired) electrons. The number of ether oxygens (including phenoxy) is 2. The van der Waals surface area contributed by atoms with E-state index in [0.29, 0.717) is 44.1 Å². The molecule has 0 unspecified atom stereocenters. The molecular formula is C38H48N2O6S2. The van der Waals surface area contributed by atoms with Crippen molar-refractivity contribution in [2.24, 2.45) is 22.7 Å². The van der Waals surface area contributed by atoms with E-state index in [0.717, 1.165) is 72.2 Å². The van der Waals surface area contributed by atoms with Crippen LogP contribution in [0.3, 0.4) is 0 Å². The average Bonchev–Trinajstić information content (AvgIpc) is 3.63. The van der Waals surface area contributed by atoms with E-state index in [-0.39, 0.29) is 22.6 Å². The van der Waals surface area contributed by atoms with Crippen molar-refractivity contribution in [3.05, 3.63) is 67.4 Å². The molecule has 2 atom stereocenters. The van der Waals surface area contributed by atoms with Crippen molar-refractivity contribution in [1.29, 1.82) is 0 Å². The number of carbonyl (C=O) groups excluding carboxylic acids is 4. The van der Waals surface area contributed by atoms with Gasteiger partial charge in [-0.05, 0) is 96.6 Å². The minimum absolute atomic E-state index is 0.184. The molecular weight excluding hydrogens is 645 g/mol. The number of anilines is 2. The Hall–Kier alpha value is -3.50. The molecule has 3 aromatic rings. The second-order valence-corrected chi connectivity index (χ2v) is 16.7. The summed E-state index contributed by atoms with van der Waals surface area (Å²) in [6.45, 7) is 13.6.